The van der Waals surface area contributed by atoms with Crippen LogP contribution in [0.15, 0.2) is 35.2 Å². The van der Waals surface area contributed by atoms with Gasteiger partial charge in [0.2, 0.25) is 5.91 Å². The Hall–Kier alpha value is -1.37. The van der Waals surface area contributed by atoms with E-state index in [2.05, 4.69) is 22.1 Å². The van der Waals surface area contributed by atoms with Gasteiger partial charge in [-0.25, -0.2) is 4.98 Å². The van der Waals surface area contributed by atoms with Crippen LogP contribution in [-0.2, 0) is 17.8 Å². The lowest BCUT2D eigenvalue weighted by molar-refractivity contribution is -0.113. The van der Waals surface area contributed by atoms with Gasteiger partial charge in [0.1, 0.15) is 0 Å². The summed E-state index contributed by atoms with van der Waals surface area (Å²) in [6, 6.07) is 9.96. The van der Waals surface area contributed by atoms with Gasteiger partial charge in [-0.2, -0.15) is 0 Å². The molecule has 0 spiro atoms. The highest BCUT2D eigenvalue weighted by Gasteiger charge is 2.20. The number of hydrogen-bond acceptors (Lipinski definition) is 5. The highest BCUT2D eigenvalue weighted by molar-refractivity contribution is 8.00. The van der Waals surface area contributed by atoms with E-state index in [9.17, 15) is 4.79 Å². The van der Waals surface area contributed by atoms with Crippen molar-refractivity contribution < 1.29 is 4.79 Å². The third kappa shape index (κ3) is 3.88. The highest BCUT2D eigenvalue weighted by Crippen LogP contribution is 2.28. The number of fused-ring (bicyclic) bond motifs is 1. The number of aromatic nitrogens is 1. The van der Waals surface area contributed by atoms with Gasteiger partial charge in [-0.3, -0.25) is 9.69 Å². The maximum absolute atomic E-state index is 12.0. The van der Waals surface area contributed by atoms with Crippen molar-refractivity contribution >= 4 is 34.1 Å². The maximum Gasteiger partial charge on any atom is 0.236 e. The summed E-state index contributed by atoms with van der Waals surface area (Å²) in [6.45, 7) is 5.25. The number of anilines is 1. The number of carbonyl (C=O) groups excluding carboxylic acids is 1. The molecule has 0 atom stereocenters. The Morgan fingerprint density at radius 1 is 1.41 bits per heavy atom. The molecule has 0 unspecified atom stereocenters. The first-order valence-corrected chi connectivity index (χ1v) is 9.23. The number of nitrogens with one attached hydrogen (secondary N) is 1. The molecular weight excluding hydrogens is 314 g/mol. The lowest BCUT2D eigenvalue weighted by atomic mass is 10.2. The van der Waals surface area contributed by atoms with Gasteiger partial charge in [0, 0.05) is 29.3 Å². The second kappa shape index (κ2) is 7.26. The molecule has 0 saturated carbocycles. The molecule has 1 N–H and O–H groups in total. The van der Waals surface area contributed by atoms with Gasteiger partial charge >= 0.3 is 0 Å². The van der Waals surface area contributed by atoms with Gasteiger partial charge in [-0.1, -0.05) is 25.1 Å². The molecule has 1 aromatic carbocycles. The van der Waals surface area contributed by atoms with Crippen molar-refractivity contribution in [3.8, 4) is 0 Å². The first-order chi connectivity index (χ1) is 10.7. The minimum absolute atomic E-state index is 0.00676. The predicted molar refractivity (Wildman–Crippen MR) is 92.6 cm³/mol. The topological polar surface area (TPSA) is 45.2 Å². The summed E-state index contributed by atoms with van der Waals surface area (Å²) < 4.78 is 0. The number of hydrogen-bond donors (Lipinski definition) is 1. The molecule has 3 rings (SSSR count). The Morgan fingerprint density at radius 2 is 2.23 bits per heavy atom. The Bertz CT molecular complexity index is 642. The minimum Gasteiger partial charge on any atom is -0.301 e. The number of nitrogens with zero attached hydrogens (tertiary/aromatic N) is 2. The molecule has 0 bridgehead atoms. The molecule has 116 valence electrons. The zero-order valence-electron chi connectivity index (χ0n) is 12.5. The van der Waals surface area contributed by atoms with Gasteiger partial charge in [0.05, 0.1) is 11.4 Å². The lowest BCUT2D eigenvalue weighted by Crippen LogP contribution is -2.29. The monoisotopic (exact) mass is 333 g/mol. The van der Waals surface area contributed by atoms with E-state index >= 15 is 0 Å². The van der Waals surface area contributed by atoms with E-state index in [1.54, 1.807) is 23.1 Å². The van der Waals surface area contributed by atoms with Crippen LogP contribution in [-0.4, -0.2) is 34.6 Å². The third-order valence-corrected chi connectivity index (χ3v) is 5.63. The summed E-state index contributed by atoms with van der Waals surface area (Å²) in [6.07, 6.45) is 0.980. The molecule has 6 heteroatoms. The van der Waals surface area contributed by atoms with Crippen LogP contribution in [0.25, 0.3) is 0 Å². The van der Waals surface area contributed by atoms with E-state index in [0.717, 1.165) is 41.8 Å². The summed E-state index contributed by atoms with van der Waals surface area (Å²) in [5, 5.41) is 3.67. The van der Waals surface area contributed by atoms with Crippen LogP contribution in [0.2, 0.25) is 0 Å². The van der Waals surface area contributed by atoms with Crippen molar-refractivity contribution in [1.82, 2.24) is 9.88 Å². The fourth-order valence-electron chi connectivity index (χ4n) is 2.39. The van der Waals surface area contributed by atoms with Crippen LogP contribution in [0.5, 0.6) is 0 Å². The van der Waals surface area contributed by atoms with Gasteiger partial charge in [-0.15, -0.1) is 23.1 Å². The molecule has 1 aliphatic heterocycles. The molecule has 1 amide bonds. The van der Waals surface area contributed by atoms with Gasteiger partial charge < -0.3 is 5.32 Å². The standard InChI is InChI=1S/C16H19N3OS2/c1-2-19-9-8-13-14(10-19)22-16(17-13)18-15(20)11-21-12-6-4-3-5-7-12/h3-7H,2,8-11H2,1H3,(H,17,18,20). The second-order valence-corrected chi connectivity index (χ2v) is 7.29. The van der Waals surface area contributed by atoms with E-state index in [-0.39, 0.29) is 5.91 Å². The van der Waals surface area contributed by atoms with Crippen molar-refractivity contribution in [1.29, 1.82) is 0 Å². The van der Waals surface area contributed by atoms with Gasteiger partial charge in [0.15, 0.2) is 5.13 Å². The largest absolute Gasteiger partial charge is 0.301 e. The Morgan fingerprint density at radius 3 is 3.00 bits per heavy atom. The molecule has 4 nitrogen and oxygen atoms in total. The maximum atomic E-state index is 12.0. The second-order valence-electron chi connectivity index (χ2n) is 5.16. The third-order valence-electron chi connectivity index (χ3n) is 3.62. The SMILES string of the molecule is CCN1CCc2nc(NC(=O)CSc3ccccc3)sc2C1. The number of thiazole rings is 1. The molecule has 0 saturated heterocycles. The first-order valence-electron chi connectivity index (χ1n) is 7.43. The average Bonchev–Trinajstić information content (AvgIpc) is 2.95. The summed E-state index contributed by atoms with van der Waals surface area (Å²) in [5.74, 6) is 0.419. The summed E-state index contributed by atoms with van der Waals surface area (Å²) >= 11 is 3.15. The minimum atomic E-state index is 0.00676. The number of carbonyl (C=O) groups is 1. The number of thioether (sulfide) groups is 1. The fraction of sp³-hybridized carbons (Fsp3) is 0.375. The van der Waals surface area contributed by atoms with E-state index in [0.29, 0.717) is 5.75 Å². The number of rotatable bonds is 5. The zero-order valence-corrected chi connectivity index (χ0v) is 14.2. The molecule has 2 heterocycles. The van der Waals surface area contributed by atoms with Crippen LogP contribution in [0.1, 0.15) is 17.5 Å². The number of likely N-dealkylation sites (N-methyl/N-ethyl adjacent to an activating group) is 1. The molecule has 0 radical (unpaired) electrons. The average molecular weight is 333 g/mol. The van der Waals surface area contributed by atoms with Gasteiger partial charge in [-0.05, 0) is 18.7 Å². The van der Waals surface area contributed by atoms with Gasteiger partial charge in [0.25, 0.3) is 0 Å². The van der Waals surface area contributed by atoms with Crippen LogP contribution in [0, 0.1) is 0 Å². The molecule has 2 aromatic rings. The van der Waals surface area contributed by atoms with E-state index in [4.69, 9.17) is 0 Å². The van der Waals surface area contributed by atoms with Crippen molar-refractivity contribution in [2.24, 2.45) is 0 Å². The van der Waals surface area contributed by atoms with Crippen molar-refractivity contribution in [2.45, 2.75) is 24.8 Å². The number of benzene rings is 1. The Balaban J connectivity index is 1.55. The van der Waals surface area contributed by atoms with Crippen LogP contribution >= 0.6 is 23.1 Å². The Labute approximate surface area is 138 Å². The number of amides is 1. The van der Waals surface area contributed by atoms with E-state index < -0.39 is 0 Å². The van der Waals surface area contributed by atoms with E-state index in [1.165, 1.54) is 4.88 Å². The van der Waals surface area contributed by atoms with Crippen molar-refractivity contribution in [3.05, 3.63) is 40.9 Å². The first kappa shape index (κ1) is 15.5. The van der Waals surface area contributed by atoms with Crippen molar-refractivity contribution in [2.75, 3.05) is 24.2 Å². The van der Waals surface area contributed by atoms with Crippen LogP contribution < -0.4 is 5.32 Å². The summed E-state index contributed by atoms with van der Waals surface area (Å²) in [4.78, 5) is 21.4. The highest BCUT2D eigenvalue weighted by atomic mass is 32.2. The van der Waals surface area contributed by atoms with Crippen LogP contribution in [0.3, 0.4) is 0 Å². The molecule has 0 aliphatic carbocycles. The summed E-state index contributed by atoms with van der Waals surface area (Å²) in [5.41, 5.74) is 1.15. The molecule has 22 heavy (non-hydrogen) atoms. The summed E-state index contributed by atoms with van der Waals surface area (Å²) in [7, 11) is 0. The molecular formula is C16H19N3OS2. The lowest BCUT2D eigenvalue weighted by Gasteiger charge is -2.23. The normalized spacial score (nSPS) is 14.6. The predicted octanol–water partition coefficient (Wildman–Crippen LogP) is 3.25. The molecule has 0 fully saturated rings. The molecule has 1 aliphatic rings. The van der Waals surface area contributed by atoms with Crippen molar-refractivity contribution in [3.63, 3.8) is 0 Å². The molecule has 1 aromatic heterocycles. The Kier molecular flexibility index (Phi) is 5.12. The van der Waals surface area contributed by atoms with Crippen LogP contribution in [0.4, 0.5) is 5.13 Å². The quantitative estimate of drug-likeness (QED) is 0.853. The smallest absolute Gasteiger partial charge is 0.236 e. The van der Waals surface area contributed by atoms with E-state index in [1.807, 2.05) is 30.3 Å². The fourth-order valence-corrected chi connectivity index (χ4v) is 4.18. The zero-order chi connectivity index (χ0) is 15.4.